The Morgan fingerprint density at radius 3 is 2.67 bits per heavy atom. The zero-order valence-electron chi connectivity index (χ0n) is 15.9. The molecule has 7 heteroatoms. The number of unbranched alkanes of at least 4 members (excludes halogenated alkanes) is 1. The maximum atomic E-state index is 12.7. The lowest BCUT2D eigenvalue weighted by molar-refractivity contribution is -0.116. The Bertz CT molecular complexity index is 877. The Morgan fingerprint density at radius 1 is 1.26 bits per heavy atom. The molecule has 1 aromatic carbocycles. The summed E-state index contributed by atoms with van der Waals surface area (Å²) in [6.07, 6.45) is 2.33. The van der Waals surface area contributed by atoms with Gasteiger partial charge >= 0.3 is 0 Å². The third-order valence-electron chi connectivity index (χ3n) is 4.62. The average Bonchev–Trinajstić information content (AvgIpc) is 2.66. The standard InChI is InChI=1S/C20H25N3O3S/c1-4-6-11-26-14-9-7-13(8-10-14)15-12-16(24)21-18-17(15)19(25)22-20(23(18)3)27-5-2/h7-10,15H,4-6,11-12H2,1-3H3,(H,21,24). The van der Waals surface area contributed by atoms with Gasteiger partial charge in [0.2, 0.25) is 5.91 Å². The second-order valence-electron chi connectivity index (χ2n) is 6.53. The summed E-state index contributed by atoms with van der Waals surface area (Å²) >= 11 is 1.48. The first kappa shape index (κ1) is 19.5. The normalized spacial score (nSPS) is 16.0. The van der Waals surface area contributed by atoms with Crippen LogP contribution in [0, 0.1) is 0 Å². The van der Waals surface area contributed by atoms with E-state index in [-0.39, 0.29) is 23.8 Å². The van der Waals surface area contributed by atoms with Crippen molar-refractivity contribution in [1.29, 1.82) is 0 Å². The second kappa shape index (κ2) is 8.61. The molecule has 0 bridgehead atoms. The summed E-state index contributed by atoms with van der Waals surface area (Å²) in [4.78, 5) is 29.3. The quantitative estimate of drug-likeness (QED) is 0.447. The molecule has 144 valence electrons. The number of amides is 1. The third-order valence-corrected chi connectivity index (χ3v) is 5.54. The van der Waals surface area contributed by atoms with Gasteiger partial charge in [-0.05, 0) is 29.9 Å². The summed E-state index contributed by atoms with van der Waals surface area (Å²) < 4.78 is 7.51. The lowest BCUT2D eigenvalue weighted by Gasteiger charge is -2.27. The lowest BCUT2D eigenvalue weighted by atomic mass is 9.87. The maximum absolute atomic E-state index is 12.7. The van der Waals surface area contributed by atoms with Crippen LogP contribution < -0.4 is 15.6 Å². The fourth-order valence-corrected chi connectivity index (χ4v) is 3.90. The molecule has 1 atom stereocenters. The Kier molecular flexibility index (Phi) is 6.21. The van der Waals surface area contributed by atoms with Crippen LogP contribution in [0.3, 0.4) is 0 Å². The smallest absolute Gasteiger partial charge is 0.279 e. The zero-order chi connectivity index (χ0) is 19.4. The number of carbonyl (C=O) groups is 1. The SMILES string of the molecule is CCCCOc1ccc(C2CC(=O)Nc3c2c(=O)nc(SCC)n3C)cc1. The highest BCUT2D eigenvalue weighted by Gasteiger charge is 2.32. The lowest BCUT2D eigenvalue weighted by Crippen LogP contribution is -2.33. The fourth-order valence-electron chi connectivity index (χ4n) is 3.21. The van der Waals surface area contributed by atoms with E-state index in [0.717, 1.165) is 29.9 Å². The molecular formula is C20H25N3O3S. The number of fused-ring (bicyclic) bond motifs is 1. The average molecular weight is 388 g/mol. The summed E-state index contributed by atoms with van der Waals surface area (Å²) in [6, 6.07) is 7.66. The van der Waals surface area contributed by atoms with E-state index < -0.39 is 0 Å². The van der Waals surface area contributed by atoms with E-state index in [1.165, 1.54) is 11.8 Å². The summed E-state index contributed by atoms with van der Waals surface area (Å²) in [6.45, 7) is 4.81. The first-order valence-corrected chi connectivity index (χ1v) is 10.3. The van der Waals surface area contributed by atoms with Crippen molar-refractivity contribution in [2.45, 2.75) is 44.2 Å². The molecule has 1 amide bonds. The fraction of sp³-hybridized carbons (Fsp3) is 0.450. The number of hydrogen-bond acceptors (Lipinski definition) is 5. The predicted molar refractivity (Wildman–Crippen MR) is 108 cm³/mol. The third kappa shape index (κ3) is 4.18. The zero-order valence-corrected chi connectivity index (χ0v) is 16.8. The first-order chi connectivity index (χ1) is 13.0. The molecule has 27 heavy (non-hydrogen) atoms. The summed E-state index contributed by atoms with van der Waals surface area (Å²) in [5.41, 5.74) is 1.20. The van der Waals surface area contributed by atoms with E-state index >= 15 is 0 Å². The molecule has 0 saturated heterocycles. The Labute approximate surface area is 163 Å². The summed E-state index contributed by atoms with van der Waals surface area (Å²) in [5, 5.41) is 3.47. The number of thioether (sulfide) groups is 1. The summed E-state index contributed by atoms with van der Waals surface area (Å²) in [5.74, 6) is 1.76. The van der Waals surface area contributed by atoms with Crippen molar-refractivity contribution in [3.8, 4) is 5.75 Å². The molecule has 0 fully saturated rings. The van der Waals surface area contributed by atoms with Crippen molar-refractivity contribution >= 4 is 23.5 Å². The molecule has 1 unspecified atom stereocenters. The number of carbonyl (C=O) groups excluding carboxylic acids is 1. The van der Waals surface area contributed by atoms with Gasteiger partial charge in [-0.3, -0.25) is 9.59 Å². The minimum atomic E-state index is -0.301. The number of benzene rings is 1. The van der Waals surface area contributed by atoms with Crippen LogP contribution in [0.15, 0.2) is 34.2 Å². The molecule has 6 nitrogen and oxygen atoms in total. The van der Waals surface area contributed by atoms with Crippen LogP contribution in [-0.2, 0) is 11.8 Å². The monoisotopic (exact) mass is 387 g/mol. The molecule has 3 rings (SSSR count). The number of aromatic nitrogens is 2. The van der Waals surface area contributed by atoms with Gasteiger partial charge in [0, 0.05) is 19.4 Å². The topological polar surface area (TPSA) is 73.2 Å². The molecule has 1 N–H and O–H groups in total. The van der Waals surface area contributed by atoms with Gasteiger partial charge < -0.3 is 14.6 Å². The van der Waals surface area contributed by atoms with E-state index in [4.69, 9.17) is 4.74 Å². The number of rotatable bonds is 7. The van der Waals surface area contributed by atoms with Crippen molar-refractivity contribution in [3.05, 3.63) is 45.7 Å². The number of nitrogens with zero attached hydrogens (tertiary/aromatic N) is 2. The van der Waals surface area contributed by atoms with Crippen LogP contribution in [0.25, 0.3) is 0 Å². The number of nitrogens with one attached hydrogen (secondary N) is 1. The van der Waals surface area contributed by atoms with Crippen LogP contribution in [0.4, 0.5) is 5.82 Å². The predicted octanol–water partition coefficient (Wildman–Crippen LogP) is 3.55. The maximum Gasteiger partial charge on any atom is 0.279 e. The van der Waals surface area contributed by atoms with Crippen molar-refractivity contribution < 1.29 is 9.53 Å². The van der Waals surface area contributed by atoms with Crippen molar-refractivity contribution in [2.75, 3.05) is 17.7 Å². The van der Waals surface area contributed by atoms with Crippen LogP contribution in [0.5, 0.6) is 5.75 Å². The first-order valence-electron chi connectivity index (χ1n) is 9.31. The van der Waals surface area contributed by atoms with E-state index in [9.17, 15) is 9.59 Å². The van der Waals surface area contributed by atoms with E-state index in [1.54, 1.807) is 4.57 Å². The number of hydrogen-bond donors (Lipinski definition) is 1. The van der Waals surface area contributed by atoms with Crippen LogP contribution in [0.1, 0.15) is 50.2 Å². The number of anilines is 1. The van der Waals surface area contributed by atoms with Gasteiger partial charge in [0.1, 0.15) is 11.6 Å². The van der Waals surface area contributed by atoms with Gasteiger partial charge in [-0.25, -0.2) is 0 Å². The molecular weight excluding hydrogens is 362 g/mol. The van der Waals surface area contributed by atoms with Gasteiger partial charge in [0.25, 0.3) is 5.56 Å². The van der Waals surface area contributed by atoms with Gasteiger partial charge in [-0.2, -0.15) is 4.98 Å². The van der Waals surface area contributed by atoms with E-state index in [0.29, 0.717) is 23.1 Å². The largest absolute Gasteiger partial charge is 0.494 e. The minimum absolute atomic E-state index is 0.0931. The Balaban J connectivity index is 1.95. The van der Waals surface area contributed by atoms with Crippen LogP contribution in [0.2, 0.25) is 0 Å². The van der Waals surface area contributed by atoms with E-state index in [1.807, 2.05) is 38.2 Å². The molecule has 1 aromatic heterocycles. The van der Waals surface area contributed by atoms with Crippen molar-refractivity contribution in [1.82, 2.24) is 9.55 Å². The van der Waals surface area contributed by atoms with Crippen molar-refractivity contribution in [3.63, 3.8) is 0 Å². The van der Waals surface area contributed by atoms with Crippen LogP contribution in [-0.4, -0.2) is 27.8 Å². The summed E-state index contributed by atoms with van der Waals surface area (Å²) in [7, 11) is 1.83. The molecule has 0 aliphatic carbocycles. The molecule has 0 radical (unpaired) electrons. The van der Waals surface area contributed by atoms with Gasteiger partial charge in [-0.15, -0.1) is 0 Å². The molecule has 1 aliphatic heterocycles. The highest BCUT2D eigenvalue weighted by molar-refractivity contribution is 7.99. The highest BCUT2D eigenvalue weighted by atomic mass is 32.2. The van der Waals surface area contributed by atoms with E-state index in [2.05, 4.69) is 17.2 Å². The second-order valence-corrected chi connectivity index (χ2v) is 7.76. The molecule has 2 heterocycles. The minimum Gasteiger partial charge on any atom is -0.494 e. The molecule has 1 aliphatic rings. The molecule has 0 spiro atoms. The Morgan fingerprint density at radius 2 is 2.00 bits per heavy atom. The van der Waals surface area contributed by atoms with Crippen LogP contribution >= 0.6 is 11.8 Å². The van der Waals surface area contributed by atoms with Gasteiger partial charge in [-0.1, -0.05) is 44.2 Å². The molecule has 0 saturated carbocycles. The van der Waals surface area contributed by atoms with Gasteiger partial charge in [0.05, 0.1) is 12.2 Å². The molecule has 2 aromatic rings. The Hall–Kier alpha value is -2.28. The van der Waals surface area contributed by atoms with Crippen molar-refractivity contribution in [2.24, 2.45) is 7.05 Å². The highest BCUT2D eigenvalue weighted by Crippen LogP contribution is 2.36. The number of ether oxygens (including phenoxy) is 1. The van der Waals surface area contributed by atoms with Gasteiger partial charge in [0.15, 0.2) is 5.16 Å².